The highest BCUT2D eigenvalue weighted by molar-refractivity contribution is 6.01. The molecule has 0 radical (unpaired) electrons. The van der Waals surface area contributed by atoms with Crippen LogP contribution in [0.15, 0.2) is 11.6 Å². The standard InChI is InChI=1S/C23H33N3O5/c1-14(11-16(22(27)28)7-9-26-10-8-25-13-26)5-6-17-20(24-3)19-18(12-31-23(19)29)15(2)21(17)30-4/h5,16,24-25H,6-13H2,1-4H3,(H,27,28)/b14-5+. The van der Waals surface area contributed by atoms with Gasteiger partial charge in [0.1, 0.15) is 12.4 Å². The Morgan fingerprint density at radius 1 is 1.45 bits per heavy atom. The van der Waals surface area contributed by atoms with E-state index < -0.39 is 11.9 Å². The highest BCUT2D eigenvalue weighted by Crippen LogP contribution is 2.41. The molecule has 1 unspecified atom stereocenters. The number of carbonyl (C=O) groups excluding carboxylic acids is 1. The molecule has 0 bridgehead atoms. The molecule has 1 atom stereocenters. The molecule has 0 amide bonds. The zero-order chi connectivity index (χ0) is 22.5. The number of aliphatic carboxylic acids is 1. The summed E-state index contributed by atoms with van der Waals surface area (Å²) in [4.78, 5) is 26.3. The lowest BCUT2D eigenvalue weighted by Crippen LogP contribution is -2.27. The lowest BCUT2D eigenvalue weighted by Gasteiger charge is -2.20. The van der Waals surface area contributed by atoms with E-state index in [1.54, 1.807) is 14.2 Å². The van der Waals surface area contributed by atoms with Crippen molar-refractivity contribution in [2.75, 3.05) is 45.8 Å². The van der Waals surface area contributed by atoms with Gasteiger partial charge in [0.25, 0.3) is 0 Å². The predicted octanol–water partition coefficient (Wildman–Crippen LogP) is 2.55. The Hall–Kier alpha value is -2.58. The second kappa shape index (κ2) is 10.2. The van der Waals surface area contributed by atoms with Gasteiger partial charge in [-0.2, -0.15) is 0 Å². The van der Waals surface area contributed by atoms with E-state index in [4.69, 9.17) is 9.47 Å². The maximum Gasteiger partial charge on any atom is 0.341 e. The van der Waals surface area contributed by atoms with Crippen LogP contribution in [-0.4, -0.2) is 62.4 Å². The summed E-state index contributed by atoms with van der Waals surface area (Å²) in [5.41, 5.74) is 4.96. The second-order valence-corrected chi connectivity index (χ2v) is 8.25. The van der Waals surface area contributed by atoms with Gasteiger partial charge in [-0.25, -0.2) is 4.79 Å². The van der Waals surface area contributed by atoms with E-state index in [0.29, 0.717) is 24.8 Å². The number of nitrogens with one attached hydrogen (secondary N) is 2. The van der Waals surface area contributed by atoms with E-state index in [0.717, 1.165) is 60.0 Å². The quantitative estimate of drug-likeness (QED) is 0.384. The number of hydrogen-bond acceptors (Lipinski definition) is 7. The van der Waals surface area contributed by atoms with Crippen LogP contribution in [0.3, 0.4) is 0 Å². The minimum absolute atomic E-state index is 0.257. The molecular weight excluding hydrogens is 398 g/mol. The Kier molecular flexibility index (Phi) is 7.56. The van der Waals surface area contributed by atoms with Crippen LogP contribution >= 0.6 is 0 Å². The van der Waals surface area contributed by atoms with Gasteiger partial charge in [0.15, 0.2) is 0 Å². The van der Waals surface area contributed by atoms with Crippen molar-refractivity contribution in [1.82, 2.24) is 10.2 Å². The summed E-state index contributed by atoms with van der Waals surface area (Å²) in [5, 5.41) is 16.1. The SMILES string of the molecule is CNc1c(C/C=C(\C)CC(CCN2CCNC2)C(=O)O)c(OC)c(C)c2c1C(=O)OC2. The minimum atomic E-state index is -0.760. The third kappa shape index (κ3) is 5.02. The Balaban J connectivity index is 1.78. The van der Waals surface area contributed by atoms with Crippen LogP contribution in [0.4, 0.5) is 5.69 Å². The Labute approximate surface area is 183 Å². The number of ether oxygens (including phenoxy) is 2. The lowest BCUT2D eigenvalue weighted by atomic mass is 9.92. The van der Waals surface area contributed by atoms with E-state index in [9.17, 15) is 14.7 Å². The largest absolute Gasteiger partial charge is 0.496 e. The third-order valence-electron chi connectivity index (χ3n) is 6.23. The molecule has 0 aliphatic carbocycles. The number of cyclic esters (lactones) is 1. The summed E-state index contributed by atoms with van der Waals surface area (Å²) in [6.45, 7) is 7.69. The van der Waals surface area contributed by atoms with Gasteiger partial charge in [-0.15, -0.1) is 0 Å². The summed E-state index contributed by atoms with van der Waals surface area (Å²) >= 11 is 0. The van der Waals surface area contributed by atoms with Crippen molar-refractivity contribution < 1.29 is 24.2 Å². The smallest absolute Gasteiger partial charge is 0.341 e. The van der Waals surface area contributed by atoms with Gasteiger partial charge >= 0.3 is 11.9 Å². The van der Waals surface area contributed by atoms with Gasteiger partial charge in [-0.05, 0) is 38.7 Å². The van der Waals surface area contributed by atoms with Crippen LogP contribution in [0.25, 0.3) is 0 Å². The van der Waals surface area contributed by atoms with Crippen molar-refractivity contribution in [3.05, 3.63) is 33.9 Å². The lowest BCUT2D eigenvalue weighted by molar-refractivity contribution is -0.142. The number of esters is 1. The first-order chi connectivity index (χ1) is 14.9. The summed E-state index contributed by atoms with van der Waals surface area (Å²) in [5.74, 6) is -0.764. The van der Waals surface area contributed by atoms with Crippen LogP contribution < -0.4 is 15.4 Å². The van der Waals surface area contributed by atoms with Gasteiger partial charge < -0.3 is 25.2 Å². The molecule has 170 valence electrons. The molecular formula is C23H33N3O5. The molecule has 8 heteroatoms. The van der Waals surface area contributed by atoms with Gasteiger partial charge in [-0.3, -0.25) is 9.69 Å². The molecule has 8 nitrogen and oxygen atoms in total. The Morgan fingerprint density at radius 3 is 2.84 bits per heavy atom. The average Bonchev–Trinajstić information content (AvgIpc) is 3.40. The molecule has 2 heterocycles. The predicted molar refractivity (Wildman–Crippen MR) is 119 cm³/mol. The van der Waals surface area contributed by atoms with Crippen LogP contribution in [-0.2, 0) is 22.6 Å². The highest BCUT2D eigenvalue weighted by Gasteiger charge is 2.31. The summed E-state index contributed by atoms with van der Waals surface area (Å²) in [6, 6.07) is 0. The monoisotopic (exact) mass is 431 g/mol. The molecule has 3 N–H and O–H groups in total. The van der Waals surface area contributed by atoms with Crippen molar-refractivity contribution in [2.45, 2.75) is 39.7 Å². The summed E-state index contributed by atoms with van der Waals surface area (Å²) in [6.07, 6.45) is 3.70. The van der Waals surface area contributed by atoms with Crippen molar-refractivity contribution in [3.8, 4) is 5.75 Å². The third-order valence-corrected chi connectivity index (χ3v) is 6.23. The number of nitrogens with zero attached hydrogens (tertiary/aromatic N) is 1. The molecule has 0 saturated carbocycles. The van der Waals surface area contributed by atoms with Crippen molar-refractivity contribution in [3.63, 3.8) is 0 Å². The van der Waals surface area contributed by atoms with Crippen LogP contribution in [0.1, 0.15) is 46.8 Å². The summed E-state index contributed by atoms with van der Waals surface area (Å²) in [7, 11) is 3.41. The summed E-state index contributed by atoms with van der Waals surface area (Å²) < 4.78 is 10.9. The van der Waals surface area contributed by atoms with Crippen molar-refractivity contribution in [2.24, 2.45) is 5.92 Å². The molecule has 1 fully saturated rings. The van der Waals surface area contributed by atoms with Crippen molar-refractivity contribution in [1.29, 1.82) is 0 Å². The zero-order valence-electron chi connectivity index (χ0n) is 18.8. The zero-order valence-corrected chi connectivity index (χ0v) is 18.8. The topological polar surface area (TPSA) is 100 Å². The van der Waals surface area contributed by atoms with Crippen molar-refractivity contribution >= 4 is 17.6 Å². The first-order valence-electron chi connectivity index (χ1n) is 10.8. The number of carbonyl (C=O) groups is 2. The number of methoxy groups -OCH3 is 1. The molecule has 3 rings (SSSR count). The molecule has 2 aliphatic heterocycles. The number of rotatable bonds is 10. The van der Waals surface area contributed by atoms with Gasteiger partial charge in [0.05, 0.1) is 24.3 Å². The number of benzene rings is 1. The fourth-order valence-corrected chi connectivity index (χ4v) is 4.47. The molecule has 1 aromatic carbocycles. The number of hydrogen-bond donors (Lipinski definition) is 3. The van der Waals surface area contributed by atoms with Gasteiger partial charge in [0, 0.05) is 44.5 Å². The first-order valence-corrected chi connectivity index (χ1v) is 10.8. The van der Waals surface area contributed by atoms with E-state index in [-0.39, 0.29) is 12.6 Å². The maximum atomic E-state index is 12.3. The fourth-order valence-electron chi connectivity index (χ4n) is 4.47. The van der Waals surface area contributed by atoms with E-state index in [1.807, 2.05) is 19.9 Å². The molecule has 0 aromatic heterocycles. The minimum Gasteiger partial charge on any atom is -0.496 e. The molecule has 0 spiro atoms. The fraction of sp³-hybridized carbons (Fsp3) is 0.565. The molecule has 31 heavy (non-hydrogen) atoms. The van der Waals surface area contributed by atoms with Gasteiger partial charge in [0.2, 0.25) is 0 Å². The molecule has 2 aliphatic rings. The number of carboxylic acids is 1. The van der Waals surface area contributed by atoms with Crippen LogP contribution in [0, 0.1) is 12.8 Å². The van der Waals surface area contributed by atoms with Crippen LogP contribution in [0.5, 0.6) is 5.75 Å². The number of carboxylic acid groups (broad SMARTS) is 1. The normalized spacial score (nSPS) is 17.4. The average molecular weight is 432 g/mol. The van der Waals surface area contributed by atoms with E-state index in [2.05, 4.69) is 15.5 Å². The molecule has 1 saturated heterocycles. The number of fused-ring (bicyclic) bond motifs is 1. The Bertz CT molecular complexity index is 875. The van der Waals surface area contributed by atoms with E-state index >= 15 is 0 Å². The number of anilines is 1. The Morgan fingerprint density at radius 2 is 2.23 bits per heavy atom. The van der Waals surface area contributed by atoms with Crippen LogP contribution in [0.2, 0.25) is 0 Å². The van der Waals surface area contributed by atoms with E-state index in [1.165, 1.54) is 0 Å². The molecule has 1 aromatic rings. The highest BCUT2D eigenvalue weighted by atomic mass is 16.5. The van der Waals surface area contributed by atoms with Gasteiger partial charge in [-0.1, -0.05) is 11.6 Å². The maximum absolute atomic E-state index is 12.3. The second-order valence-electron chi connectivity index (χ2n) is 8.25. The first kappa shape index (κ1) is 23.1. The number of allylic oxidation sites excluding steroid dienone is 2.